The molecule has 9 nitrogen and oxygen atoms in total. The second kappa shape index (κ2) is 8.00. The highest BCUT2D eigenvalue weighted by Crippen LogP contribution is 2.30. The Morgan fingerprint density at radius 2 is 2.03 bits per heavy atom. The van der Waals surface area contributed by atoms with Crippen molar-refractivity contribution in [3.8, 4) is 0 Å². The fourth-order valence-corrected chi connectivity index (χ4v) is 2.88. The molecule has 3 aromatic rings. The molecule has 0 spiro atoms. The van der Waals surface area contributed by atoms with E-state index in [2.05, 4.69) is 36.1 Å². The number of aromatic amines is 1. The number of aryl methyl sites for hydroxylation is 1. The van der Waals surface area contributed by atoms with Gasteiger partial charge in [-0.2, -0.15) is 15.1 Å². The maximum absolute atomic E-state index is 14.4. The molecule has 29 heavy (non-hydrogen) atoms. The van der Waals surface area contributed by atoms with Gasteiger partial charge in [0.2, 0.25) is 5.95 Å². The van der Waals surface area contributed by atoms with Gasteiger partial charge in [0.25, 0.3) is 0 Å². The zero-order valence-electron chi connectivity index (χ0n) is 16.8. The SMILES string of the molecule is CCNc1nc(Nc2ccc(F)c(NCC(C)(C)O)c2C=N)nc2n[nH]c(C)c12. The van der Waals surface area contributed by atoms with Gasteiger partial charge in [-0.1, -0.05) is 0 Å². The highest BCUT2D eigenvalue weighted by atomic mass is 19.1. The molecule has 0 fully saturated rings. The third kappa shape index (κ3) is 4.43. The number of nitrogens with zero attached hydrogens (tertiary/aromatic N) is 3. The summed E-state index contributed by atoms with van der Waals surface area (Å²) in [6.07, 6.45) is 1.04. The number of aromatic nitrogens is 4. The van der Waals surface area contributed by atoms with Crippen LogP contribution < -0.4 is 16.0 Å². The molecule has 0 saturated heterocycles. The molecule has 3 rings (SSSR count). The van der Waals surface area contributed by atoms with Crippen LogP contribution >= 0.6 is 0 Å². The van der Waals surface area contributed by atoms with Crippen LogP contribution in [0.4, 0.5) is 27.5 Å². The molecule has 0 bridgehead atoms. The van der Waals surface area contributed by atoms with Crippen LogP contribution in [0.1, 0.15) is 32.0 Å². The van der Waals surface area contributed by atoms with Crippen molar-refractivity contribution in [3.05, 3.63) is 29.2 Å². The summed E-state index contributed by atoms with van der Waals surface area (Å²) >= 11 is 0. The maximum atomic E-state index is 14.4. The quantitative estimate of drug-likeness (QED) is 0.320. The van der Waals surface area contributed by atoms with Crippen LogP contribution in [0.15, 0.2) is 12.1 Å². The Labute approximate surface area is 167 Å². The van der Waals surface area contributed by atoms with Crippen molar-refractivity contribution in [1.29, 1.82) is 5.41 Å². The fraction of sp³-hybridized carbons (Fsp3) is 0.368. The van der Waals surface area contributed by atoms with E-state index in [9.17, 15) is 9.50 Å². The Bertz CT molecular complexity index is 1040. The number of aliphatic hydroxyl groups is 1. The van der Waals surface area contributed by atoms with Gasteiger partial charge in [-0.15, -0.1) is 0 Å². The summed E-state index contributed by atoms with van der Waals surface area (Å²) in [5.41, 5.74) is 1.17. The van der Waals surface area contributed by atoms with E-state index >= 15 is 0 Å². The molecule has 0 saturated carbocycles. The lowest BCUT2D eigenvalue weighted by molar-refractivity contribution is 0.0944. The Morgan fingerprint density at radius 1 is 1.28 bits per heavy atom. The number of fused-ring (bicyclic) bond motifs is 1. The van der Waals surface area contributed by atoms with Gasteiger partial charge in [-0.25, -0.2) is 4.39 Å². The number of hydrogen-bond donors (Lipinski definition) is 6. The molecule has 0 atom stereocenters. The first-order valence-corrected chi connectivity index (χ1v) is 9.26. The predicted molar refractivity (Wildman–Crippen MR) is 113 cm³/mol. The lowest BCUT2D eigenvalue weighted by atomic mass is 10.1. The van der Waals surface area contributed by atoms with E-state index in [4.69, 9.17) is 5.41 Å². The Balaban J connectivity index is 2.00. The minimum absolute atomic E-state index is 0.119. The topological polar surface area (TPSA) is 135 Å². The van der Waals surface area contributed by atoms with Crippen LogP contribution in [0.2, 0.25) is 0 Å². The van der Waals surface area contributed by atoms with E-state index in [1.807, 2.05) is 13.8 Å². The third-order valence-corrected chi connectivity index (χ3v) is 4.22. The summed E-state index contributed by atoms with van der Waals surface area (Å²) in [6, 6.07) is 2.80. The first-order chi connectivity index (χ1) is 13.7. The van der Waals surface area contributed by atoms with Gasteiger partial charge in [-0.05, 0) is 39.8 Å². The smallest absolute Gasteiger partial charge is 0.231 e. The molecule has 10 heteroatoms. The molecule has 1 aromatic carbocycles. The summed E-state index contributed by atoms with van der Waals surface area (Å²) in [5.74, 6) is 0.374. The molecule has 6 N–H and O–H groups in total. The molecule has 0 aliphatic carbocycles. The first-order valence-electron chi connectivity index (χ1n) is 9.26. The number of benzene rings is 1. The predicted octanol–water partition coefficient (Wildman–Crippen LogP) is 3.16. The van der Waals surface area contributed by atoms with Crippen molar-refractivity contribution in [3.63, 3.8) is 0 Å². The van der Waals surface area contributed by atoms with Crippen LogP contribution in [0.25, 0.3) is 11.0 Å². The highest BCUT2D eigenvalue weighted by molar-refractivity contribution is 5.95. The average Bonchev–Trinajstić information content (AvgIpc) is 3.02. The largest absolute Gasteiger partial charge is 0.389 e. The Kier molecular flexibility index (Phi) is 5.64. The lowest BCUT2D eigenvalue weighted by Crippen LogP contribution is -2.30. The monoisotopic (exact) mass is 400 g/mol. The molecule has 0 aliphatic heterocycles. The van der Waals surface area contributed by atoms with Gasteiger partial charge >= 0.3 is 0 Å². The van der Waals surface area contributed by atoms with E-state index in [0.717, 1.165) is 17.3 Å². The Hall–Kier alpha value is -3.27. The molecular formula is C19H25FN8O. The van der Waals surface area contributed by atoms with E-state index in [1.54, 1.807) is 13.8 Å². The fourth-order valence-electron chi connectivity index (χ4n) is 2.88. The molecule has 0 aliphatic rings. The number of anilines is 4. The van der Waals surface area contributed by atoms with Crippen molar-refractivity contribution in [2.45, 2.75) is 33.3 Å². The zero-order valence-corrected chi connectivity index (χ0v) is 16.8. The van der Waals surface area contributed by atoms with Crippen LogP contribution in [-0.2, 0) is 0 Å². The number of hydrogen-bond acceptors (Lipinski definition) is 8. The second-order valence-corrected chi connectivity index (χ2v) is 7.29. The lowest BCUT2D eigenvalue weighted by Gasteiger charge is -2.21. The van der Waals surface area contributed by atoms with Crippen LogP contribution in [0.3, 0.4) is 0 Å². The summed E-state index contributed by atoms with van der Waals surface area (Å²) in [5, 5.41) is 34.7. The Morgan fingerprint density at radius 3 is 2.69 bits per heavy atom. The van der Waals surface area contributed by atoms with Crippen LogP contribution in [-0.4, -0.2) is 50.2 Å². The summed E-state index contributed by atoms with van der Waals surface area (Å²) < 4.78 is 14.4. The van der Waals surface area contributed by atoms with E-state index in [-0.39, 0.29) is 18.2 Å². The van der Waals surface area contributed by atoms with Crippen LogP contribution in [0, 0.1) is 18.2 Å². The van der Waals surface area contributed by atoms with Gasteiger partial charge in [0.15, 0.2) is 5.65 Å². The van der Waals surface area contributed by atoms with Crippen molar-refractivity contribution in [2.24, 2.45) is 0 Å². The standard InChI is InChI=1S/C19H25FN8O/c1-5-22-16-14-10(2)27-28-17(14)26-18(25-16)24-13-7-6-12(20)15(11(13)8-21)23-9-19(3,4)29/h6-8,21,23,29H,5,9H2,1-4H3,(H3,22,24,25,26,27,28). The van der Waals surface area contributed by atoms with Crippen molar-refractivity contribution in [2.75, 3.05) is 29.0 Å². The number of H-pyrrole nitrogens is 1. The third-order valence-electron chi connectivity index (χ3n) is 4.22. The van der Waals surface area contributed by atoms with Gasteiger partial charge in [0.05, 0.1) is 22.4 Å². The number of rotatable bonds is 8. The summed E-state index contributed by atoms with van der Waals surface area (Å²) in [4.78, 5) is 8.92. The second-order valence-electron chi connectivity index (χ2n) is 7.29. The molecule has 0 amide bonds. The molecule has 154 valence electrons. The van der Waals surface area contributed by atoms with Gasteiger partial charge in [0.1, 0.15) is 11.6 Å². The average molecular weight is 400 g/mol. The zero-order chi connectivity index (χ0) is 21.2. The molecule has 2 heterocycles. The van der Waals surface area contributed by atoms with Crippen molar-refractivity contribution < 1.29 is 9.50 Å². The molecular weight excluding hydrogens is 375 g/mol. The summed E-state index contributed by atoms with van der Waals surface area (Å²) in [6.45, 7) is 7.87. The van der Waals surface area contributed by atoms with E-state index in [1.165, 1.54) is 12.1 Å². The van der Waals surface area contributed by atoms with Gasteiger partial charge < -0.3 is 26.5 Å². The number of nitrogens with one attached hydrogen (secondary N) is 5. The van der Waals surface area contributed by atoms with Gasteiger partial charge in [0, 0.05) is 30.6 Å². The van der Waals surface area contributed by atoms with Gasteiger partial charge in [-0.3, -0.25) is 5.10 Å². The number of halogens is 1. The maximum Gasteiger partial charge on any atom is 0.231 e. The minimum atomic E-state index is -1.04. The molecule has 0 radical (unpaired) electrons. The normalized spacial score (nSPS) is 11.5. The highest BCUT2D eigenvalue weighted by Gasteiger charge is 2.18. The molecule has 0 unspecified atom stereocenters. The van der Waals surface area contributed by atoms with E-state index in [0.29, 0.717) is 29.3 Å². The van der Waals surface area contributed by atoms with E-state index < -0.39 is 11.4 Å². The summed E-state index contributed by atoms with van der Waals surface area (Å²) in [7, 11) is 0. The van der Waals surface area contributed by atoms with Crippen LogP contribution in [0.5, 0.6) is 0 Å². The molecule has 2 aromatic heterocycles. The minimum Gasteiger partial charge on any atom is -0.389 e. The van der Waals surface area contributed by atoms with Crippen molar-refractivity contribution >= 4 is 40.4 Å². The first kappa shape index (κ1) is 20.5. The van der Waals surface area contributed by atoms with Crippen molar-refractivity contribution in [1.82, 2.24) is 20.2 Å².